The lowest BCUT2D eigenvalue weighted by Crippen LogP contribution is -2.47. The van der Waals surface area contributed by atoms with Crippen molar-refractivity contribution in [2.75, 3.05) is 0 Å². The molecule has 21 heavy (non-hydrogen) atoms. The van der Waals surface area contributed by atoms with Gasteiger partial charge in [-0.2, -0.15) is 0 Å². The van der Waals surface area contributed by atoms with Crippen LogP contribution in [0.15, 0.2) is 0 Å². The second kappa shape index (κ2) is 6.53. The normalized spacial score (nSPS) is 37.9. The van der Waals surface area contributed by atoms with E-state index in [0.29, 0.717) is 16.9 Å². The van der Waals surface area contributed by atoms with E-state index >= 15 is 0 Å². The van der Waals surface area contributed by atoms with Gasteiger partial charge in [-0.3, -0.25) is 0 Å². The molecule has 0 N–H and O–H groups in total. The lowest BCUT2D eigenvalue weighted by molar-refractivity contribution is -0.117. The molecular formula is C18H33O2Si. The minimum Gasteiger partial charge on any atom is -0.414 e. The highest BCUT2D eigenvalue weighted by molar-refractivity contribution is 6.48. The minimum absolute atomic E-state index is 0.238. The first-order valence-electron chi connectivity index (χ1n) is 8.69. The molecule has 0 aromatic rings. The van der Waals surface area contributed by atoms with Crippen molar-refractivity contribution in [3.05, 3.63) is 0 Å². The van der Waals surface area contributed by atoms with E-state index < -0.39 is 9.04 Å². The summed E-state index contributed by atoms with van der Waals surface area (Å²) in [7, 11) is -0.696. The maximum Gasteiger partial charge on any atom is 0.205 e. The van der Waals surface area contributed by atoms with Gasteiger partial charge in [0.15, 0.2) is 0 Å². The average molecular weight is 310 g/mol. The highest BCUT2D eigenvalue weighted by atomic mass is 28.3. The van der Waals surface area contributed by atoms with E-state index in [1.165, 1.54) is 38.4 Å². The summed E-state index contributed by atoms with van der Waals surface area (Å²) in [6.45, 7) is 11.6. The van der Waals surface area contributed by atoms with Gasteiger partial charge in [-0.25, -0.2) is 0 Å². The Labute approximate surface area is 132 Å². The zero-order valence-corrected chi connectivity index (χ0v) is 15.6. The Morgan fingerprint density at radius 3 is 2.14 bits per heavy atom. The second-order valence-corrected chi connectivity index (χ2v) is 10.7. The third kappa shape index (κ3) is 3.98. The fraction of sp³-hybridized carbons (Fsp3) is 0.944. The van der Waals surface area contributed by atoms with E-state index in [9.17, 15) is 4.79 Å². The first-order valence-corrected chi connectivity index (χ1v) is 11.1. The van der Waals surface area contributed by atoms with Crippen LogP contribution in [0.25, 0.3) is 0 Å². The van der Waals surface area contributed by atoms with Crippen molar-refractivity contribution >= 4 is 15.3 Å². The van der Waals surface area contributed by atoms with E-state index in [2.05, 4.69) is 33.9 Å². The quantitative estimate of drug-likeness (QED) is 0.550. The van der Waals surface area contributed by atoms with Crippen LogP contribution >= 0.6 is 0 Å². The van der Waals surface area contributed by atoms with Gasteiger partial charge in [-0.05, 0) is 74.8 Å². The maximum absolute atomic E-state index is 11.2. The number of hydrogen-bond donors (Lipinski definition) is 0. The van der Waals surface area contributed by atoms with Crippen molar-refractivity contribution in [1.82, 2.24) is 0 Å². The molecule has 121 valence electrons. The number of rotatable bonds is 3. The molecule has 0 heterocycles. The topological polar surface area (TPSA) is 26.3 Å². The van der Waals surface area contributed by atoms with Gasteiger partial charge in [0.05, 0.1) is 6.10 Å². The first-order chi connectivity index (χ1) is 9.77. The van der Waals surface area contributed by atoms with Gasteiger partial charge in [-0.15, -0.1) is 0 Å². The van der Waals surface area contributed by atoms with Gasteiger partial charge in [-0.1, -0.05) is 20.8 Å². The summed E-state index contributed by atoms with van der Waals surface area (Å²) in [4.78, 5) is 11.2. The highest BCUT2D eigenvalue weighted by Gasteiger charge is 2.47. The molecule has 3 heteroatoms. The van der Waals surface area contributed by atoms with Crippen molar-refractivity contribution in [2.24, 2.45) is 22.7 Å². The standard InChI is InChI=1S/C18H33O2Si/c1-17(2,3)15-7-10-18(11-8-15)9-6-14(13-19)12-16(18)20-21(4)5/h13-16H,6-12H2,1-5H3. The summed E-state index contributed by atoms with van der Waals surface area (Å²) in [6, 6.07) is 0. The Bertz CT molecular complexity index is 351. The molecule has 2 aliphatic carbocycles. The van der Waals surface area contributed by atoms with Crippen LogP contribution in [0, 0.1) is 22.7 Å². The van der Waals surface area contributed by atoms with E-state index in [1.54, 1.807) is 0 Å². The molecule has 2 fully saturated rings. The zero-order valence-electron chi connectivity index (χ0n) is 14.6. The van der Waals surface area contributed by atoms with Crippen LogP contribution in [0.2, 0.25) is 13.1 Å². The van der Waals surface area contributed by atoms with E-state index in [-0.39, 0.29) is 5.92 Å². The predicted octanol–water partition coefficient (Wildman–Crippen LogP) is 4.84. The first kappa shape index (κ1) is 17.2. The molecule has 2 atom stereocenters. The molecular weight excluding hydrogens is 276 g/mol. The highest BCUT2D eigenvalue weighted by Crippen LogP contribution is 2.53. The van der Waals surface area contributed by atoms with Crippen LogP contribution < -0.4 is 0 Å². The van der Waals surface area contributed by atoms with Crippen LogP contribution in [0.5, 0.6) is 0 Å². The number of carbonyl (C=O) groups is 1. The molecule has 0 aromatic heterocycles. The Hall–Kier alpha value is -0.153. The van der Waals surface area contributed by atoms with Gasteiger partial charge in [0, 0.05) is 5.92 Å². The number of carbonyl (C=O) groups excluding carboxylic acids is 1. The van der Waals surface area contributed by atoms with Gasteiger partial charge in [0.25, 0.3) is 0 Å². The van der Waals surface area contributed by atoms with Crippen LogP contribution in [0.3, 0.4) is 0 Å². The van der Waals surface area contributed by atoms with Crippen molar-refractivity contribution in [3.8, 4) is 0 Å². The van der Waals surface area contributed by atoms with Crippen molar-refractivity contribution in [2.45, 2.75) is 84.9 Å². The molecule has 0 amide bonds. The molecule has 2 aliphatic rings. The summed E-state index contributed by atoms with van der Waals surface area (Å²) >= 11 is 0. The summed E-state index contributed by atoms with van der Waals surface area (Å²) in [5.74, 6) is 1.09. The van der Waals surface area contributed by atoms with E-state index in [4.69, 9.17) is 4.43 Å². The van der Waals surface area contributed by atoms with Gasteiger partial charge < -0.3 is 9.22 Å². The Balaban J connectivity index is 2.07. The van der Waals surface area contributed by atoms with Crippen LogP contribution in [0.4, 0.5) is 0 Å². The minimum atomic E-state index is -0.696. The lowest BCUT2D eigenvalue weighted by atomic mass is 9.57. The Morgan fingerprint density at radius 2 is 1.67 bits per heavy atom. The monoisotopic (exact) mass is 309 g/mol. The molecule has 0 bridgehead atoms. The molecule has 0 aliphatic heterocycles. The Kier molecular flexibility index (Phi) is 5.35. The lowest BCUT2D eigenvalue weighted by Gasteiger charge is -2.51. The van der Waals surface area contributed by atoms with Crippen molar-refractivity contribution in [1.29, 1.82) is 0 Å². The van der Waals surface area contributed by atoms with Crippen molar-refractivity contribution in [3.63, 3.8) is 0 Å². The van der Waals surface area contributed by atoms with Crippen LogP contribution in [-0.2, 0) is 9.22 Å². The molecule has 2 rings (SSSR count). The largest absolute Gasteiger partial charge is 0.414 e. The van der Waals surface area contributed by atoms with Gasteiger partial charge in [0.1, 0.15) is 6.29 Å². The molecule has 1 radical (unpaired) electrons. The zero-order chi connectivity index (χ0) is 15.7. The SMILES string of the molecule is C[Si](C)OC1CC(C=O)CCC12CCC(C(C)(C)C)CC2. The molecule has 2 saturated carbocycles. The fourth-order valence-corrected chi connectivity index (χ4v) is 5.40. The predicted molar refractivity (Wildman–Crippen MR) is 89.6 cm³/mol. The number of aldehydes is 1. The molecule has 2 nitrogen and oxygen atoms in total. The second-order valence-electron chi connectivity index (χ2n) is 8.69. The number of hydrogen-bond acceptors (Lipinski definition) is 2. The molecule has 2 unspecified atom stereocenters. The molecule has 0 saturated heterocycles. The maximum atomic E-state index is 11.2. The summed E-state index contributed by atoms with van der Waals surface area (Å²) in [5.41, 5.74) is 0.811. The van der Waals surface area contributed by atoms with Crippen LogP contribution in [-0.4, -0.2) is 21.4 Å². The summed E-state index contributed by atoms with van der Waals surface area (Å²) < 4.78 is 6.38. The fourth-order valence-electron chi connectivity index (χ4n) is 4.49. The summed E-state index contributed by atoms with van der Waals surface area (Å²) in [6.07, 6.45) is 10.1. The third-order valence-electron chi connectivity index (χ3n) is 5.99. The average Bonchev–Trinajstić information content (AvgIpc) is 2.40. The third-order valence-corrected chi connectivity index (χ3v) is 6.75. The smallest absolute Gasteiger partial charge is 0.205 e. The molecule has 0 aromatic carbocycles. The van der Waals surface area contributed by atoms with Gasteiger partial charge >= 0.3 is 0 Å². The van der Waals surface area contributed by atoms with Crippen molar-refractivity contribution < 1.29 is 9.22 Å². The summed E-state index contributed by atoms with van der Waals surface area (Å²) in [5, 5.41) is 0. The van der Waals surface area contributed by atoms with E-state index in [1.807, 2.05) is 0 Å². The van der Waals surface area contributed by atoms with E-state index in [0.717, 1.165) is 18.8 Å². The van der Waals surface area contributed by atoms with Crippen LogP contribution in [0.1, 0.15) is 65.7 Å². The molecule has 1 spiro atoms. The van der Waals surface area contributed by atoms with Gasteiger partial charge in [0.2, 0.25) is 9.04 Å². The Morgan fingerprint density at radius 1 is 1.10 bits per heavy atom.